The lowest BCUT2D eigenvalue weighted by molar-refractivity contribution is -0.133. The van der Waals surface area contributed by atoms with Crippen molar-refractivity contribution in [2.75, 3.05) is 7.11 Å². The summed E-state index contributed by atoms with van der Waals surface area (Å²) >= 11 is 0. The van der Waals surface area contributed by atoms with Gasteiger partial charge in [0.15, 0.2) is 0 Å². The van der Waals surface area contributed by atoms with E-state index in [-0.39, 0.29) is 0 Å². The Morgan fingerprint density at radius 1 is 1.71 bits per heavy atom. The summed E-state index contributed by atoms with van der Waals surface area (Å²) in [7, 11) is 1.30. The van der Waals surface area contributed by atoms with Crippen molar-refractivity contribution in [3.05, 3.63) is 17.5 Å². The van der Waals surface area contributed by atoms with Gasteiger partial charge in [-0.25, -0.2) is 4.79 Å². The predicted octanol–water partition coefficient (Wildman–Crippen LogP) is 0.736. The Labute approximate surface area is 82.9 Å². The van der Waals surface area contributed by atoms with Gasteiger partial charge in [0, 0.05) is 12.5 Å². The third-order valence-corrected chi connectivity index (χ3v) is 1.89. The molecule has 0 aliphatic heterocycles. The molecule has 0 amide bonds. The monoisotopic (exact) mass is 192 g/mol. The first-order valence-corrected chi connectivity index (χ1v) is 4.31. The Bertz CT molecular complexity index is 396. The fourth-order valence-corrected chi connectivity index (χ4v) is 1.06. The maximum Gasteiger partial charge on any atom is 0.384 e. The average molecular weight is 192 g/mol. The molecule has 0 unspecified atom stereocenters. The number of hydrogen-bond acceptors (Lipinski definition) is 3. The highest BCUT2D eigenvalue weighted by atomic mass is 16.5. The van der Waals surface area contributed by atoms with Crippen LogP contribution in [0.5, 0.6) is 0 Å². The van der Waals surface area contributed by atoms with Crippen molar-refractivity contribution in [2.45, 2.75) is 20.4 Å². The fourth-order valence-electron chi connectivity index (χ4n) is 1.06. The molecule has 1 aromatic rings. The standard InChI is InChI=1S/C10H12N2O2/c1-4-12-8(2)9(7-11-12)5-6-10(13)14-3/h7H,4H2,1-3H3. The van der Waals surface area contributed by atoms with Gasteiger partial charge in [0.1, 0.15) is 0 Å². The first-order valence-electron chi connectivity index (χ1n) is 4.31. The molecule has 0 atom stereocenters. The number of aromatic nitrogens is 2. The van der Waals surface area contributed by atoms with Gasteiger partial charge in [0.2, 0.25) is 0 Å². The summed E-state index contributed by atoms with van der Waals surface area (Å²) < 4.78 is 6.23. The first-order chi connectivity index (χ1) is 6.69. The topological polar surface area (TPSA) is 44.1 Å². The molecule has 74 valence electrons. The Kier molecular flexibility index (Phi) is 3.29. The molecule has 1 aromatic heterocycles. The molecule has 0 N–H and O–H groups in total. The SMILES string of the molecule is CCn1ncc(C#CC(=O)OC)c1C. The lowest BCUT2D eigenvalue weighted by Crippen LogP contribution is -1.98. The molecule has 0 saturated heterocycles. The van der Waals surface area contributed by atoms with Gasteiger partial charge in [-0.3, -0.25) is 4.68 Å². The van der Waals surface area contributed by atoms with Crippen LogP contribution in [0.1, 0.15) is 18.2 Å². The van der Waals surface area contributed by atoms with E-state index >= 15 is 0 Å². The molecule has 0 radical (unpaired) electrons. The van der Waals surface area contributed by atoms with Crippen LogP contribution in [0.4, 0.5) is 0 Å². The summed E-state index contributed by atoms with van der Waals surface area (Å²) in [5, 5.41) is 4.10. The second-order valence-corrected chi connectivity index (χ2v) is 2.70. The van der Waals surface area contributed by atoms with Gasteiger partial charge >= 0.3 is 5.97 Å². The van der Waals surface area contributed by atoms with Crippen molar-refractivity contribution < 1.29 is 9.53 Å². The number of ether oxygens (including phenoxy) is 1. The molecular weight excluding hydrogens is 180 g/mol. The van der Waals surface area contributed by atoms with Gasteiger partial charge in [-0.15, -0.1) is 0 Å². The molecule has 14 heavy (non-hydrogen) atoms. The highest BCUT2D eigenvalue weighted by Crippen LogP contribution is 2.04. The quantitative estimate of drug-likeness (QED) is 0.487. The second kappa shape index (κ2) is 4.47. The van der Waals surface area contributed by atoms with Crippen molar-refractivity contribution in [3.8, 4) is 11.8 Å². The van der Waals surface area contributed by atoms with E-state index in [0.29, 0.717) is 0 Å². The molecule has 0 aromatic carbocycles. The van der Waals surface area contributed by atoms with Gasteiger partial charge < -0.3 is 4.74 Å². The van der Waals surface area contributed by atoms with Crippen LogP contribution in [0.25, 0.3) is 0 Å². The molecule has 0 spiro atoms. The number of carbonyl (C=O) groups is 1. The van der Waals surface area contributed by atoms with Crippen LogP contribution in [0.15, 0.2) is 6.20 Å². The smallest absolute Gasteiger partial charge is 0.384 e. The molecule has 4 nitrogen and oxygen atoms in total. The molecule has 0 saturated carbocycles. The third-order valence-electron chi connectivity index (χ3n) is 1.89. The Morgan fingerprint density at radius 3 is 2.93 bits per heavy atom. The van der Waals surface area contributed by atoms with Crippen LogP contribution >= 0.6 is 0 Å². The molecular formula is C10H12N2O2. The maximum absolute atomic E-state index is 10.7. The van der Waals surface area contributed by atoms with E-state index in [4.69, 9.17) is 0 Å². The lowest BCUT2D eigenvalue weighted by atomic mass is 10.2. The molecule has 1 heterocycles. The van der Waals surface area contributed by atoms with Crippen molar-refractivity contribution in [1.82, 2.24) is 9.78 Å². The van der Waals surface area contributed by atoms with Crippen molar-refractivity contribution in [2.24, 2.45) is 0 Å². The number of nitrogens with zero attached hydrogens (tertiary/aromatic N) is 2. The summed E-state index contributed by atoms with van der Waals surface area (Å²) in [5.41, 5.74) is 1.72. The zero-order chi connectivity index (χ0) is 10.6. The highest BCUT2D eigenvalue weighted by Gasteiger charge is 2.01. The summed E-state index contributed by atoms with van der Waals surface area (Å²) in [6.07, 6.45) is 1.65. The van der Waals surface area contributed by atoms with E-state index in [1.165, 1.54) is 7.11 Å². The summed E-state index contributed by atoms with van der Waals surface area (Å²) in [6.45, 7) is 4.71. The maximum atomic E-state index is 10.7. The largest absolute Gasteiger partial charge is 0.459 e. The van der Waals surface area contributed by atoms with Gasteiger partial charge in [0.25, 0.3) is 0 Å². The van der Waals surface area contributed by atoms with Crippen LogP contribution in [0, 0.1) is 18.8 Å². The minimum Gasteiger partial charge on any atom is -0.459 e. The average Bonchev–Trinajstić information content (AvgIpc) is 2.56. The number of methoxy groups -OCH3 is 1. The van der Waals surface area contributed by atoms with Crippen LogP contribution in [-0.4, -0.2) is 22.9 Å². The second-order valence-electron chi connectivity index (χ2n) is 2.70. The van der Waals surface area contributed by atoms with Gasteiger partial charge in [-0.2, -0.15) is 5.10 Å². The van der Waals surface area contributed by atoms with E-state index in [1.807, 2.05) is 18.5 Å². The van der Waals surface area contributed by atoms with E-state index in [9.17, 15) is 4.79 Å². The molecule has 4 heteroatoms. The van der Waals surface area contributed by atoms with Crippen molar-refractivity contribution in [3.63, 3.8) is 0 Å². The Hall–Kier alpha value is -1.76. The number of carbonyl (C=O) groups excluding carboxylic acids is 1. The van der Waals surface area contributed by atoms with Gasteiger partial charge in [-0.05, 0) is 13.8 Å². The molecule has 1 rings (SSSR count). The Balaban J connectivity index is 2.90. The molecule has 0 bridgehead atoms. The van der Waals surface area contributed by atoms with Gasteiger partial charge in [0.05, 0.1) is 24.6 Å². The summed E-state index contributed by atoms with van der Waals surface area (Å²) in [4.78, 5) is 10.7. The number of esters is 1. The van der Waals surface area contributed by atoms with Crippen molar-refractivity contribution in [1.29, 1.82) is 0 Å². The number of rotatable bonds is 1. The number of aryl methyl sites for hydroxylation is 1. The minimum absolute atomic E-state index is 0.534. The summed E-state index contributed by atoms with van der Waals surface area (Å²) in [5.74, 6) is 4.54. The lowest BCUT2D eigenvalue weighted by Gasteiger charge is -1.96. The van der Waals surface area contributed by atoms with E-state index in [1.54, 1.807) is 6.20 Å². The zero-order valence-corrected chi connectivity index (χ0v) is 8.50. The molecule has 0 fully saturated rings. The van der Waals surface area contributed by atoms with Crippen LogP contribution in [-0.2, 0) is 16.1 Å². The van der Waals surface area contributed by atoms with E-state index in [0.717, 1.165) is 17.8 Å². The molecule has 0 aliphatic carbocycles. The highest BCUT2D eigenvalue weighted by molar-refractivity contribution is 5.89. The Morgan fingerprint density at radius 2 is 2.43 bits per heavy atom. The number of hydrogen-bond donors (Lipinski definition) is 0. The van der Waals surface area contributed by atoms with E-state index in [2.05, 4.69) is 21.7 Å². The third kappa shape index (κ3) is 2.13. The first kappa shape index (κ1) is 10.3. The zero-order valence-electron chi connectivity index (χ0n) is 8.50. The van der Waals surface area contributed by atoms with Crippen molar-refractivity contribution >= 4 is 5.97 Å². The minimum atomic E-state index is -0.534. The van der Waals surface area contributed by atoms with Gasteiger partial charge in [-0.1, -0.05) is 5.92 Å². The van der Waals surface area contributed by atoms with Crippen LogP contribution in [0.2, 0.25) is 0 Å². The van der Waals surface area contributed by atoms with Crippen LogP contribution in [0.3, 0.4) is 0 Å². The van der Waals surface area contributed by atoms with Crippen LogP contribution < -0.4 is 0 Å². The van der Waals surface area contributed by atoms with E-state index < -0.39 is 5.97 Å². The molecule has 0 aliphatic rings. The fraction of sp³-hybridized carbons (Fsp3) is 0.400. The predicted molar refractivity (Wildman–Crippen MR) is 51.5 cm³/mol. The normalized spacial score (nSPS) is 9.07. The summed E-state index contributed by atoms with van der Waals surface area (Å²) in [6, 6.07) is 0.